The molecule has 0 aliphatic rings. The number of anilines is 1. The van der Waals surface area contributed by atoms with Crippen LogP contribution in [0.2, 0.25) is 5.28 Å². The quantitative estimate of drug-likeness (QED) is 0.717. The van der Waals surface area contributed by atoms with E-state index in [0.717, 1.165) is 16.5 Å². The summed E-state index contributed by atoms with van der Waals surface area (Å²) in [5.41, 5.74) is 2.90. The van der Waals surface area contributed by atoms with Crippen molar-refractivity contribution in [2.24, 2.45) is 0 Å². The molecule has 0 unspecified atom stereocenters. The highest BCUT2D eigenvalue weighted by molar-refractivity contribution is 6.28. The molecule has 0 aliphatic heterocycles. The number of nitrogens with one attached hydrogen (secondary N) is 2. The molecule has 0 amide bonds. The van der Waals surface area contributed by atoms with Gasteiger partial charge in [0.15, 0.2) is 5.65 Å². The van der Waals surface area contributed by atoms with Crippen LogP contribution in [-0.4, -0.2) is 25.1 Å². The predicted octanol–water partition coefficient (Wildman–Crippen LogP) is 2.32. The number of aryl methyl sites for hydroxylation is 1. The zero-order valence-corrected chi connectivity index (χ0v) is 10.9. The number of aromatic amines is 1. The van der Waals surface area contributed by atoms with E-state index in [1.54, 1.807) is 12.4 Å². The Kier molecular flexibility index (Phi) is 3.00. The van der Waals surface area contributed by atoms with E-state index in [9.17, 15) is 0 Å². The normalized spacial score (nSPS) is 10.8. The van der Waals surface area contributed by atoms with Crippen molar-refractivity contribution < 1.29 is 0 Å². The molecule has 0 aromatic carbocycles. The van der Waals surface area contributed by atoms with Crippen LogP contribution in [0.1, 0.15) is 11.1 Å². The van der Waals surface area contributed by atoms with E-state index < -0.39 is 0 Å². The molecule has 0 bridgehead atoms. The van der Waals surface area contributed by atoms with E-state index in [-0.39, 0.29) is 5.28 Å². The third-order valence-electron chi connectivity index (χ3n) is 2.87. The highest BCUT2D eigenvalue weighted by Crippen LogP contribution is 2.20. The molecule has 2 N–H and O–H groups in total. The number of aromatic nitrogens is 5. The second kappa shape index (κ2) is 4.81. The van der Waals surface area contributed by atoms with Crippen molar-refractivity contribution in [3.8, 4) is 0 Å². The Bertz CT molecular complexity index is 723. The zero-order valence-electron chi connectivity index (χ0n) is 10.2. The summed E-state index contributed by atoms with van der Waals surface area (Å²) in [6.45, 7) is 2.66. The Morgan fingerprint density at radius 2 is 2.21 bits per heavy atom. The maximum absolute atomic E-state index is 5.87. The highest BCUT2D eigenvalue weighted by Gasteiger charge is 2.08. The third-order valence-corrected chi connectivity index (χ3v) is 3.03. The summed E-state index contributed by atoms with van der Waals surface area (Å²) in [6.07, 6.45) is 5.27. The standard InChI is InChI=1S/C12H11ClN6/c1-7-4-14-3-2-8(7)5-15-10-9-6-16-19-11(9)18-12(13)17-10/h2-4,6H,5H2,1H3,(H2,15,16,17,18,19). The summed E-state index contributed by atoms with van der Waals surface area (Å²) >= 11 is 5.87. The average molecular weight is 275 g/mol. The summed E-state index contributed by atoms with van der Waals surface area (Å²) in [4.78, 5) is 12.3. The van der Waals surface area contributed by atoms with Crippen LogP contribution in [-0.2, 0) is 6.54 Å². The average Bonchev–Trinajstić information content (AvgIpc) is 2.85. The van der Waals surface area contributed by atoms with Gasteiger partial charge in [-0.25, -0.2) is 0 Å². The smallest absolute Gasteiger partial charge is 0.226 e. The van der Waals surface area contributed by atoms with Gasteiger partial charge in [0, 0.05) is 18.9 Å². The van der Waals surface area contributed by atoms with Crippen LogP contribution in [0.3, 0.4) is 0 Å². The zero-order chi connectivity index (χ0) is 13.2. The topological polar surface area (TPSA) is 79.4 Å². The Hall–Kier alpha value is -2.21. The predicted molar refractivity (Wildman–Crippen MR) is 73.0 cm³/mol. The minimum Gasteiger partial charge on any atom is -0.365 e. The molecule has 3 heterocycles. The molecule has 0 radical (unpaired) electrons. The maximum atomic E-state index is 5.87. The summed E-state index contributed by atoms with van der Waals surface area (Å²) in [5.74, 6) is 0.667. The highest BCUT2D eigenvalue weighted by atomic mass is 35.5. The lowest BCUT2D eigenvalue weighted by molar-refractivity contribution is 1.06. The minimum absolute atomic E-state index is 0.186. The van der Waals surface area contributed by atoms with Crippen LogP contribution in [0.15, 0.2) is 24.7 Å². The molecule has 0 saturated heterocycles. The minimum atomic E-state index is 0.186. The molecule has 3 aromatic rings. The first-order chi connectivity index (χ1) is 9.24. The van der Waals surface area contributed by atoms with Crippen LogP contribution in [0, 0.1) is 6.92 Å². The van der Waals surface area contributed by atoms with Crippen molar-refractivity contribution in [1.29, 1.82) is 0 Å². The van der Waals surface area contributed by atoms with E-state index in [2.05, 4.69) is 30.5 Å². The number of halogens is 1. The maximum Gasteiger partial charge on any atom is 0.226 e. The number of rotatable bonds is 3. The van der Waals surface area contributed by atoms with Crippen LogP contribution in [0.4, 0.5) is 5.82 Å². The van der Waals surface area contributed by atoms with Gasteiger partial charge in [-0.2, -0.15) is 15.1 Å². The second-order valence-corrected chi connectivity index (χ2v) is 4.47. The SMILES string of the molecule is Cc1cnccc1CNc1nc(Cl)nc2[nH]ncc12. The van der Waals surface area contributed by atoms with Gasteiger partial charge >= 0.3 is 0 Å². The van der Waals surface area contributed by atoms with E-state index in [1.807, 2.05) is 19.2 Å². The van der Waals surface area contributed by atoms with Crippen LogP contribution < -0.4 is 5.32 Å². The molecule has 3 rings (SSSR count). The fourth-order valence-electron chi connectivity index (χ4n) is 1.82. The van der Waals surface area contributed by atoms with E-state index >= 15 is 0 Å². The molecule has 19 heavy (non-hydrogen) atoms. The van der Waals surface area contributed by atoms with Crippen molar-refractivity contribution in [3.05, 3.63) is 41.1 Å². The van der Waals surface area contributed by atoms with Gasteiger partial charge in [-0.05, 0) is 35.7 Å². The number of pyridine rings is 1. The number of hydrogen-bond donors (Lipinski definition) is 2. The lowest BCUT2D eigenvalue weighted by Gasteiger charge is -2.08. The van der Waals surface area contributed by atoms with Gasteiger partial charge in [0.05, 0.1) is 11.6 Å². The molecule has 7 heteroatoms. The van der Waals surface area contributed by atoms with E-state index in [4.69, 9.17) is 11.6 Å². The second-order valence-electron chi connectivity index (χ2n) is 4.13. The van der Waals surface area contributed by atoms with Crippen LogP contribution >= 0.6 is 11.6 Å². The first kappa shape index (κ1) is 11.9. The Balaban J connectivity index is 1.90. The molecule has 0 fully saturated rings. The van der Waals surface area contributed by atoms with Gasteiger partial charge in [0.2, 0.25) is 5.28 Å². The van der Waals surface area contributed by atoms with Crippen molar-refractivity contribution in [1.82, 2.24) is 25.1 Å². The van der Waals surface area contributed by atoms with Crippen LogP contribution in [0.5, 0.6) is 0 Å². The Morgan fingerprint density at radius 3 is 3.05 bits per heavy atom. The molecule has 96 valence electrons. The van der Waals surface area contributed by atoms with Crippen molar-refractivity contribution in [3.63, 3.8) is 0 Å². The summed E-state index contributed by atoms with van der Waals surface area (Å²) in [7, 11) is 0. The first-order valence-corrected chi connectivity index (χ1v) is 6.12. The summed E-state index contributed by atoms with van der Waals surface area (Å²) in [5, 5.41) is 11.0. The van der Waals surface area contributed by atoms with E-state index in [1.165, 1.54) is 0 Å². The molecule has 0 saturated carbocycles. The lowest BCUT2D eigenvalue weighted by atomic mass is 10.1. The first-order valence-electron chi connectivity index (χ1n) is 5.74. The summed E-state index contributed by atoms with van der Waals surface area (Å²) in [6, 6.07) is 1.97. The van der Waals surface area contributed by atoms with Gasteiger partial charge in [-0.1, -0.05) is 0 Å². The third kappa shape index (κ3) is 2.34. The lowest BCUT2D eigenvalue weighted by Crippen LogP contribution is -2.04. The molecular formula is C12H11ClN6. The fraction of sp³-hybridized carbons (Fsp3) is 0.167. The van der Waals surface area contributed by atoms with Crippen molar-refractivity contribution in [2.45, 2.75) is 13.5 Å². The molecule has 0 spiro atoms. The van der Waals surface area contributed by atoms with Crippen molar-refractivity contribution in [2.75, 3.05) is 5.32 Å². The number of H-pyrrole nitrogens is 1. The molecule has 3 aromatic heterocycles. The number of fused-ring (bicyclic) bond motifs is 1. The summed E-state index contributed by atoms with van der Waals surface area (Å²) < 4.78 is 0. The van der Waals surface area contributed by atoms with Crippen LogP contribution in [0.25, 0.3) is 11.0 Å². The monoisotopic (exact) mass is 274 g/mol. The molecule has 6 nitrogen and oxygen atoms in total. The van der Waals surface area contributed by atoms with Gasteiger partial charge in [0.25, 0.3) is 0 Å². The van der Waals surface area contributed by atoms with Gasteiger partial charge in [0.1, 0.15) is 5.82 Å². The number of hydrogen-bond acceptors (Lipinski definition) is 5. The largest absolute Gasteiger partial charge is 0.365 e. The van der Waals surface area contributed by atoms with Gasteiger partial charge in [-0.3, -0.25) is 10.1 Å². The molecule has 0 atom stereocenters. The Labute approximate surface area is 114 Å². The fourth-order valence-corrected chi connectivity index (χ4v) is 1.99. The van der Waals surface area contributed by atoms with Crippen molar-refractivity contribution >= 4 is 28.5 Å². The number of nitrogens with zero attached hydrogens (tertiary/aromatic N) is 4. The Morgan fingerprint density at radius 1 is 1.32 bits per heavy atom. The molecular weight excluding hydrogens is 264 g/mol. The molecule has 0 aliphatic carbocycles. The van der Waals surface area contributed by atoms with Gasteiger partial charge < -0.3 is 5.32 Å². The van der Waals surface area contributed by atoms with E-state index in [0.29, 0.717) is 18.0 Å². The van der Waals surface area contributed by atoms with Gasteiger partial charge in [-0.15, -0.1) is 0 Å².